The summed E-state index contributed by atoms with van der Waals surface area (Å²) in [6.07, 6.45) is -1.56. The molecule has 0 fully saturated rings. The quantitative estimate of drug-likeness (QED) is 0.394. The molecule has 0 saturated carbocycles. The molecule has 0 unspecified atom stereocenters. The van der Waals surface area contributed by atoms with E-state index in [1.807, 2.05) is 6.92 Å². The number of anilines is 1. The number of nitrogens with one attached hydrogen (secondary N) is 1. The second-order valence-electron chi connectivity index (χ2n) is 6.31. The first-order valence-corrected chi connectivity index (χ1v) is 10.3. The van der Waals surface area contributed by atoms with Crippen molar-refractivity contribution in [3.8, 4) is 0 Å². The largest absolute Gasteiger partial charge is 0.453 e. The molecular weight excluding hydrogens is 400 g/mol. The number of carbonyl (C=O) groups excluding carboxylic acids is 2. The minimum Gasteiger partial charge on any atom is -0.453 e. The van der Waals surface area contributed by atoms with E-state index in [1.165, 1.54) is 43.3 Å². The molecule has 10 heteroatoms. The molecule has 2 rings (SSSR count). The van der Waals surface area contributed by atoms with E-state index in [2.05, 4.69) is 5.32 Å². The van der Waals surface area contributed by atoms with Gasteiger partial charge in [-0.1, -0.05) is 17.7 Å². The number of nitro groups is 1. The highest BCUT2D eigenvalue weighted by Crippen LogP contribution is 2.16. The van der Waals surface area contributed by atoms with E-state index in [1.54, 1.807) is 12.1 Å². The maximum absolute atomic E-state index is 12.2. The molecule has 154 valence electrons. The lowest BCUT2D eigenvalue weighted by Crippen LogP contribution is -2.30. The van der Waals surface area contributed by atoms with Crippen molar-refractivity contribution in [2.24, 2.45) is 0 Å². The predicted octanol–water partition coefficient (Wildman–Crippen LogP) is 2.64. The summed E-state index contributed by atoms with van der Waals surface area (Å²) in [5.74, 6) is -1.91. The van der Waals surface area contributed by atoms with Gasteiger partial charge >= 0.3 is 5.97 Å². The Morgan fingerprint density at radius 2 is 1.69 bits per heavy atom. The lowest BCUT2D eigenvalue weighted by molar-refractivity contribution is -0.384. The minimum atomic E-state index is -3.64. The number of benzene rings is 2. The van der Waals surface area contributed by atoms with Gasteiger partial charge in [-0.25, -0.2) is 8.42 Å². The van der Waals surface area contributed by atoms with Gasteiger partial charge in [0.05, 0.1) is 22.0 Å². The second kappa shape index (κ2) is 9.28. The Morgan fingerprint density at radius 3 is 2.24 bits per heavy atom. The van der Waals surface area contributed by atoms with Crippen LogP contribution in [0.25, 0.3) is 0 Å². The maximum atomic E-state index is 12.2. The Morgan fingerprint density at radius 1 is 1.10 bits per heavy atom. The number of aryl methyl sites for hydroxylation is 1. The van der Waals surface area contributed by atoms with Crippen LogP contribution in [-0.2, 0) is 24.2 Å². The summed E-state index contributed by atoms with van der Waals surface area (Å²) in [6, 6.07) is 11.4. The number of hydrogen-bond acceptors (Lipinski definition) is 7. The summed E-state index contributed by atoms with van der Waals surface area (Å²) in [5.41, 5.74) is 1.08. The summed E-state index contributed by atoms with van der Waals surface area (Å²) < 4.78 is 29.5. The fraction of sp³-hybridized carbons (Fsp3) is 0.263. The van der Waals surface area contributed by atoms with Gasteiger partial charge in [0.1, 0.15) is 0 Å². The Kier molecular flexibility index (Phi) is 7.05. The first-order valence-electron chi connectivity index (χ1n) is 8.63. The summed E-state index contributed by atoms with van der Waals surface area (Å²) in [5, 5.41) is 13.1. The number of rotatable bonds is 8. The highest BCUT2D eigenvalue weighted by Gasteiger charge is 2.21. The lowest BCUT2D eigenvalue weighted by atomic mass is 10.2. The summed E-state index contributed by atoms with van der Waals surface area (Å²) in [6.45, 7) is 3.17. The number of esters is 1. The second-order valence-corrected chi connectivity index (χ2v) is 8.42. The van der Waals surface area contributed by atoms with Crippen molar-refractivity contribution in [1.29, 1.82) is 0 Å². The van der Waals surface area contributed by atoms with Crippen LogP contribution in [0.5, 0.6) is 0 Å². The van der Waals surface area contributed by atoms with E-state index in [4.69, 9.17) is 4.74 Å². The van der Waals surface area contributed by atoms with Crippen molar-refractivity contribution >= 4 is 33.1 Å². The maximum Gasteiger partial charge on any atom is 0.307 e. The third-order valence-electron chi connectivity index (χ3n) is 3.98. The zero-order valence-electron chi connectivity index (χ0n) is 15.8. The van der Waals surface area contributed by atoms with Gasteiger partial charge in [-0.3, -0.25) is 19.7 Å². The van der Waals surface area contributed by atoms with Crippen LogP contribution in [0, 0.1) is 17.0 Å². The number of ether oxygens (including phenoxy) is 1. The number of nitrogens with zero attached hydrogens (tertiary/aromatic N) is 1. The van der Waals surface area contributed by atoms with Crippen molar-refractivity contribution in [2.45, 2.75) is 31.3 Å². The molecule has 2 aromatic rings. The van der Waals surface area contributed by atoms with Gasteiger partial charge in [-0.05, 0) is 38.1 Å². The number of non-ortho nitro benzene ring substituents is 1. The Hall–Kier alpha value is -3.27. The Bertz CT molecular complexity index is 1000. The first kappa shape index (κ1) is 22.0. The average molecular weight is 420 g/mol. The third kappa shape index (κ3) is 6.39. The molecular formula is C19H20N2O7S. The van der Waals surface area contributed by atoms with Crippen molar-refractivity contribution < 1.29 is 27.7 Å². The zero-order chi connectivity index (χ0) is 21.6. The number of carbonyl (C=O) groups is 2. The van der Waals surface area contributed by atoms with Crippen LogP contribution >= 0.6 is 0 Å². The van der Waals surface area contributed by atoms with Gasteiger partial charge in [-0.15, -0.1) is 0 Å². The van der Waals surface area contributed by atoms with E-state index in [9.17, 15) is 28.1 Å². The van der Waals surface area contributed by atoms with Crippen molar-refractivity contribution in [1.82, 2.24) is 0 Å². The number of nitro benzene ring substituents is 1. The molecule has 0 radical (unpaired) electrons. The van der Waals surface area contributed by atoms with Crippen LogP contribution in [0.15, 0.2) is 53.4 Å². The van der Waals surface area contributed by atoms with Gasteiger partial charge in [0, 0.05) is 17.8 Å². The van der Waals surface area contributed by atoms with Crippen LogP contribution in [0.2, 0.25) is 0 Å². The SMILES string of the molecule is Cc1ccc(S(=O)(=O)CCC(=O)O[C@@H](C)C(=O)Nc2ccc([N+](=O)[O-])cc2)cc1. The zero-order valence-corrected chi connectivity index (χ0v) is 16.6. The van der Waals surface area contributed by atoms with Crippen molar-refractivity contribution in [2.75, 3.05) is 11.1 Å². The average Bonchev–Trinajstić information content (AvgIpc) is 2.67. The smallest absolute Gasteiger partial charge is 0.307 e. The number of hydrogen-bond donors (Lipinski definition) is 1. The highest BCUT2D eigenvalue weighted by atomic mass is 32.2. The molecule has 0 bridgehead atoms. The fourth-order valence-corrected chi connectivity index (χ4v) is 3.52. The van der Waals surface area contributed by atoms with E-state index in [0.29, 0.717) is 5.69 Å². The summed E-state index contributed by atoms with van der Waals surface area (Å²) in [7, 11) is -3.64. The molecule has 1 N–H and O–H groups in total. The van der Waals surface area contributed by atoms with E-state index < -0.39 is 44.9 Å². The monoisotopic (exact) mass is 420 g/mol. The molecule has 9 nitrogen and oxygen atoms in total. The molecule has 1 amide bonds. The summed E-state index contributed by atoms with van der Waals surface area (Å²) >= 11 is 0. The van der Waals surface area contributed by atoms with Crippen LogP contribution < -0.4 is 5.32 Å². The van der Waals surface area contributed by atoms with Crippen LogP contribution in [0.3, 0.4) is 0 Å². The normalized spacial score (nSPS) is 12.1. The Balaban J connectivity index is 1.86. The van der Waals surface area contributed by atoms with Gasteiger partial charge in [0.15, 0.2) is 15.9 Å². The van der Waals surface area contributed by atoms with Gasteiger partial charge in [0.2, 0.25) is 0 Å². The third-order valence-corrected chi connectivity index (χ3v) is 5.71. The molecule has 0 heterocycles. The van der Waals surface area contributed by atoms with E-state index in [0.717, 1.165) is 5.56 Å². The molecule has 0 aliphatic rings. The van der Waals surface area contributed by atoms with Crippen LogP contribution in [0.4, 0.5) is 11.4 Å². The standard InChI is InChI=1S/C19H20N2O7S/c1-13-3-9-17(10-4-13)29(26,27)12-11-18(22)28-14(2)19(23)20-15-5-7-16(8-6-15)21(24)25/h3-10,14H,11-12H2,1-2H3,(H,20,23)/t14-/m0/s1. The van der Waals surface area contributed by atoms with E-state index in [-0.39, 0.29) is 10.6 Å². The van der Waals surface area contributed by atoms with Crippen molar-refractivity contribution in [3.05, 3.63) is 64.2 Å². The topological polar surface area (TPSA) is 133 Å². The highest BCUT2D eigenvalue weighted by molar-refractivity contribution is 7.91. The molecule has 29 heavy (non-hydrogen) atoms. The molecule has 2 aromatic carbocycles. The van der Waals surface area contributed by atoms with Crippen LogP contribution in [0.1, 0.15) is 18.9 Å². The van der Waals surface area contributed by atoms with Crippen LogP contribution in [-0.4, -0.2) is 37.1 Å². The van der Waals surface area contributed by atoms with E-state index >= 15 is 0 Å². The number of sulfone groups is 1. The molecule has 0 aliphatic carbocycles. The molecule has 1 atom stereocenters. The van der Waals surface area contributed by atoms with Gasteiger partial charge < -0.3 is 10.1 Å². The summed E-state index contributed by atoms with van der Waals surface area (Å²) in [4.78, 5) is 34.2. The number of amides is 1. The molecule has 0 aromatic heterocycles. The van der Waals surface area contributed by atoms with Crippen molar-refractivity contribution in [3.63, 3.8) is 0 Å². The minimum absolute atomic E-state index is 0.111. The predicted molar refractivity (Wildman–Crippen MR) is 105 cm³/mol. The molecule has 0 spiro atoms. The Labute approximate surface area is 167 Å². The molecule has 0 aliphatic heterocycles. The molecule has 0 saturated heterocycles. The van der Waals surface area contributed by atoms with Gasteiger partial charge in [0.25, 0.3) is 11.6 Å². The lowest BCUT2D eigenvalue weighted by Gasteiger charge is -2.13. The fourth-order valence-electron chi connectivity index (χ4n) is 2.30. The van der Waals surface area contributed by atoms with Gasteiger partial charge in [-0.2, -0.15) is 0 Å². The first-order chi connectivity index (χ1) is 13.6.